The third-order valence-corrected chi connectivity index (χ3v) is 3.31. The first-order valence-corrected chi connectivity index (χ1v) is 6.35. The topological polar surface area (TPSA) is 0 Å². The molecule has 0 saturated carbocycles. The minimum Gasteiger partial charge on any atom is -0.173 e. The average molecular weight is 266 g/mol. The van der Waals surface area contributed by atoms with Gasteiger partial charge in [-0.1, -0.05) is 66.7 Å². The minimum atomic E-state index is -1.68. The van der Waals surface area contributed by atoms with Gasteiger partial charge in [0.1, 0.15) is 0 Å². The summed E-state index contributed by atoms with van der Waals surface area (Å²) >= 11 is 0. The molecule has 0 unspecified atom stereocenters. The highest BCUT2D eigenvalue weighted by Crippen LogP contribution is 2.32. The Hall–Kier alpha value is -2.48. The zero-order valence-corrected chi connectivity index (χ0v) is 10.7. The summed E-state index contributed by atoms with van der Waals surface area (Å²) in [6.07, 6.45) is -0.769. The van der Waals surface area contributed by atoms with Crippen LogP contribution in [0.25, 0.3) is 28.0 Å². The van der Waals surface area contributed by atoms with Gasteiger partial charge in [0, 0.05) is 6.08 Å². The lowest BCUT2D eigenvalue weighted by molar-refractivity contribution is 0.429. The van der Waals surface area contributed by atoms with Gasteiger partial charge in [0.2, 0.25) is 0 Å². The van der Waals surface area contributed by atoms with Gasteiger partial charge in [0.25, 0.3) is 6.08 Å². The van der Waals surface area contributed by atoms with Crippen LogP contribution in [0.15, 0.2) is 72.8 Å². The summed E-state index contributed by atoms with van der Waals surface area (Å²) < 4.78 is 25.2. The van der Waals surface area contributed by atoms with E-state index in [1.807, 2.05) is 54.6 Å². The molecule has 0 aliphatic carbocycles. The standard InChI is InChI=1S/C18H12F2/c19-18(20)12-14-7-2-4-10-16(14)17-11-5-8-13-6-1-3-9-15(13)17/h1-12H. The highest BCUT2D eigenvalue weighted by molar-refractivity contribution is 5.98. The molecule has 0 radical (unpaired) electrons. The van der Waals surface area contributed by atoms with Crippen molar-refractivity contribution in [2.45, 2.75) is 0 Å². The van der Waals surface area contributed by atoms with Crippen LogP contribution in [-0.4, -0.2) is 0 Å². The molecule has 3 aromatic rings. The predicted octanol–water partition coefficient (Wildman–Crippen LogP) is 5.74. The fourth-order valence-electron chi connectivity index (χ4n) is 2.45. The van der Waals surface area contributed by atoms with E-state index in [1.54, 1.807) is 12.1 Å². The van der Waals surface area contributed by atoms with Gasteiger partial charge in [-0.2, -0.15) is 8.78 Å². The van der Waals surface area contributed by atoms with Crippen molar-refractivity contribution < 1.29 is 8.78 Å². The largest absolute Gasteiger partial charge is 0.270 e. The Morgan fingerprint density at radius 3 is 2.20 bits per heavy atom. The molecule has 0 N–H and O–H groups in total. The van der Waals surface area contributed by atoms with Gasteiger partial charge < -0.3 is 0 Å². The molecule has 0 nitrogen and oxygen atoms in total. The van der Waals surface area contributed by atoms with E-state index in [-0.39, 0.29) is 0 Å². The first kappa shape index (κ1) is 12.5. The van der Waals surface area contributed by atoms with Gasteiger partial charge in [-0.15, -0.1) is 0 Å². The van der Waals surface area contributed by atoms with Crippen molar-refractivity contribution in [1.29, 1.82) is 0 Å². The van der Waals surface area contributed by atoms with Gasteiger partial charge in [-0.25, -0.2) is 0 Å². The molecule has 0 atom stereocenters. The van der Waals surface area contributed by atoms with Crippen LogP contribution in [0.1, 0.15) is 5.56 Å². The number of benzene rings is 3. The van der Waals surface area contributed by atoms with Gasteiger partial charge >= 0.3 is 0 Å². The van der Waals surface area contributed by atoms with E-state index in [4.69, 9.17) is 0 Å². The molecule has 0 aliphatic heterocycles. The maximum atomic E-state index is 12.6. The van der Waals surface area contributed by atoms with Crippen LogP contribution in [0.4, 0.5) is 8.78 Å². The lowest BCUT2D eigenvalue weighted by atomic mass is 9.95. The second-order valence-corrected chi connectivity index (χ2v) is 4.55. The van der Waals surface area contributed by atoms with E-state index in [0.29, 0.717) is 5.56 Å². The van der Waals surface area contributed by atoms with Crippen molar-refractivity contribution in [1.82, 2.24) is 0 Å². The zero-order chi connectivity index (χ0) is 13.9. The predicted molar refractivity (Wildman–Crippen MR) is 79.6 cm³/mol. The molecule has 0 fully saturated rings. The molecule has 0 bridgehead atoms. The second-order valence-electron chi connectivity index (χ2n) is 4.55. The average Bonchev–Trinajstić information content (AvgIpc) is 2.47. The van der Waals surface area contributed by atoms with E-state index >= 15 is 0 Å². The van der Waals surface area contributed by atoms with Crippen LogP contribution >= 0.6 is 0 Å². The molecule has 98 valence electrons. The minimum absolute atomic E-state index is 0.531. The van der Waals surface area contributed by atoms with E-state index in [9.17, 15) is 8.78 Å². The van der Waals surface area contributed by atoms with E-state index in [0.717, 1.165) is 28.0 Å². The van der Waals surface area contributed by atoms with Crippen LogP contribution in [0, 0.1) is 0 Å². The monoisotopic (exact) mass is 266 g/mol. The summed E-state index contributed by atoms with van der Waals surface area (Å²) in [5.41, 5.74) is 2.32. The Morgan fingerprint density at radius 2 is 1.35 bits per heavy atom. The van der Waals surface area contributed by atoms with Crippen LogP contribution in [0.3, 0.4) is 0 Å². The normalized spacial score (nSPS) is 10.5. The molecule has 20 heavy (non-hydrogen) atoms. The summed E-state index contributed by atoms with van der Waals surface area (Å²) in [5, 5.41) is 2.17. The van der Waals surface area contributed by atoms with Crippen molar-refractivity contribution in [3.05, 3.63) is 78.4 Å². The lowest BCUT2D eigenvalue weighted by Gasteiger charge is -2.09. The molecule has 2 heteroatoms. The van der Waals surface area contributed by atoms with Gasteiger partial charge in [-0.05, 0) is 27.5 Å². The second kappa shape index (κ2) is 5.25. The lowest BCUT2D eigenvalue weighted by Crippen LogP contribution is -1.85. The van der Waals surface area contributed by atoms with Gasteiger partial charge in [0.15, 0.2) is 0 Å². The first-order chi connectivity index (χ1) is 9.75. The van der Waals surface area contributed by atoms with Crippen molar-refractivity contribution in [2.75, 3.05) is 0 Å². The molecule has 0 aromatic heterocycles. The number of hydrogen-bond donors (Lipinski definition) is 0. The zero-order valence-electron chi connectivity index (χ0n) is 10.7. The SMILES string of the molecule is FC(F)=Cc1ccccc1-c1cccc2ccccc12. The number of fused-ring (bicyclic) bond motifs is 1. The molecular weight excluding hydrogens is 254 g/mol. The van der Waals surface area contributed by atoms with E-state index < -0.39 is 6.08 Å². The van der Waals surface area contributed by atoms with E-state index in [2.05, 4.69) is 0 Å². The Labute approximate surface area is 116 Å². The fourth-order valence-corrected chi connectivity index (χ4v) is 2.45. The Balaban J connectivity index is 2.29. The van der Waals surface area contributed by atoms with Crippen LogP contribution in [0.5, 0.6) is 0 Å². The third-order valence-electron chi connectivity index (χ3n) is 3.31. The molecule has 3 rings (SSSR count). The Bertz CT molecular complexity index is 779. The molecule has 0 saturated heterocycles. The van der Waals surface area contributed by atoms with Crippen molar-refractivity contribution in [3.63, 3.8) is 0 Å². The summed E-state index contributed by atoms with van der Waals surface area (Å²) in [5.74, 6) is 0. The fraction of sp³-hybridized carbons (Fsp3) is 0. The third kappa shape index (κ3) is 2.32. The summed E-state index contributed by atoms with van der Waals surface area (Å²) in [7, 11) is 0. The van der Waals surface area contributed by atoms with Crippen LogP contribution in [-0.2, 0) is 0 Å². The number of halogens is 2. The Morgan fingerprint density at radius 1 is 0.700 bits per heavy atom. The molecule has 0 heterocycles. The summed E-state index contributed by atoms with van der Waals surface area (Å²) in [4.78, 5) is 0. The Kier molecular flexibility index (Phi) is 3.30. The smallest absolute Gasteiger partial charge is 0.173 e. The first-order valence-electron chi connectivity index (χ1n) is 6.35. The summed E-state index contributed by atoms with van der Waals surface area (Å²) in [6.45, 7) is 0. The molecule has 3 aromatic carbocycles. The number of hydrogen-bond acceptors (Lipinski definition) is 0. The highest BCUT2D eigenvalue weighted by Gasteiger charge is 2.07. The maximum Gasteiger partial charge on any atom is 0.270 e. The molecule has 0 aliphatic rings. The van der Waals surface area contributed by atoms with E-state index in [1.165, 1.54) is 0 Å². The van der Waals surface area contributed by atoms with Gasteiger partial charge in [-0.3, -0.25) is 0 Å². The highest BCUT2D eigenvalue weighted by atomic mass is 19.3. The van der Waals surface area contributed by atoms with Crippen molar-refractivity contribution in [2.24, 2.45) is 0 Å². The molecule has 0 spiro atoms. The summed E-state index contributed by atoms with van der Waals surface area (Å²) in [6, 6.07) is 21.1. The van der Waals surface area contributed by atoms with Crippen molar-refractivity contribution >= 4 is 16.8 Å². The van der Waals surface area contributed by atoms with Crippen molar-refractivity contribution in [3.8, 4) is 11.1 Å². The quantitative estimate of drug-likeness (QED) is 0.554. The van der Waals surface area contributed by atoms with Crippen LogP contribution < -0.4 is 0 Å². The number of rotatable bonds is 2. The maximum absolute atomic E-state index is 12.6. The van der Waals surface area contributed by atoms with Crippen LogP contribution in [0.2, 0.25) is 0 Å². The molecule has 0 amide bonds. The molecular formula is C18H12F2. The van der Waals surface area contributed by atoms with Gasteiger partial charge in [0.05, 0.1) is 0 Å².